The van der Waals surface area contributed by atoms with Gasteiger partial charge in [-0.05, 0) is 17.7 Å². The van der Waals surface area contributed by atoms with E-state index in [1.807, 2.05) is 30.3 Å². The molecule has 76 valence electrons. The Balaban J connectivity index is 2.71. The Morgan fingerprint density at radius 3 is 3.00 bits per heavy atom. The van der Waals surface area contributed by atoms with Gasteiger partial charge in [0, 0.05) is 6.04 Å². The molecule has 1 unspecified atom stereocenters. The zero-order chi connectivity index (χ0) is 10.4. The third-order valence-electron chi connectivity index (χ3n) is 1.84. The molecule has 0 aliphatic rings. The van der Waals surface area contributed by atoms with E-state index in [2.05, 4.69) is 0 Å². The van der Waals surface area contributed by atoms with E-state index in [1.54, 1.807) is 13.2 Å². The second kappa shape index (κ2) is 5.42. The lowest BCUT2D eigenvalue weighted by Gasteiger charge is -2.02. The Labute approximate surface area is 83.8 Å². The normalized spacial score (nSPS) is 13.1. The second-order valence-corrected chi connectivity index (χ2v) is 2.98. The third-order valence-corrected chi connectivity index (χ3v) is 1.84. The predicted molar refractivity (Wildman–Crippen MR) is 57.1 cm³/mol. The summed E-state index contributed by atoms with van der Waals surface area (Å²) in [5, 5.41) is 8.71. The van der Waals surface area contributed by atoms with Crippen molar-refractivity contribution in [2.24, 2.45) is 5.73 Å². The van der Waals surface area contributed by atoms with Gasteiger partial charge in [0.15, 0.2) is 0 Å². The van der Waals surface area contributed by atoms with Gasteiger partial charge in [0.1, 0.15) is 5.75 Å². The summed E-state index contributed by atoms with van der Waals surface area (Å²) in [6, 6.07) is 7.33. The highest BCUT2D eigenvalue weighted by molar-refractivity contribution is 5.52. The van der Waals surface area contributed by atoms with E-state index in [1.165, 1.54) is 0 Å². The Kier molecular flexibility index (Phi) is 4.16. The maximum atomic E-state index is 8.71. The van der Waals surface area contributed by atoms with E-state index in [-0.39, 0.29) is 12.6 Å². The fourth-order valence-electron chi connectivity index (χ4n) is 1.04. The fourth-order valence-corrected chi connectivity index (χ4v) is 1.04. The molecule has 3 nitrogen and oxygen atoms in total. The quantitative estimate of drug-likeness (QED) is 0.750. The molecule has 0 radical (unpaired) electrons. The number of nitrogens with two attached hydrogens (primary N) is 1. The maximum Gasteiger partial charge on any atom is 0.119 e. The molecule has 0 spiro atoms. The summed E-state index contributed by atoms with van der Waals surface area (Å²) < 4.78 is 5.07. The minimum absolute atomic E-state index is 0.0412. The van der Waals surface area contributed by atoms with Crippen LogP contribution in [0.3, 0.4) is 0 Å². The number of hydrogen-bond acceptors (Lipinski definition) is 3. The van der Waals surface area contributed by atoms with Crippen LogP contribution in [0.5, 0.6) is 5.75 Å². The van der Waals surface area contributed by atoms with Gasteiger partial charge in [0.25, 0.3) is 0 Å². The Hall–Kier alpha value is -1.32. The van der Waals surface area contributed by atoms with Crippen LogP contribution in [0.2, 0.25) is 0 Å². The molecule has 1 aromatic carbocycles. The first-order valence-electron chi connectivity index (χ1n) is 4.45. The predicted octanol–water partition coefficient (Wildman–Crippen LogP) is 1.03. The van der Waals surface area contributed by atoms with Gasteiger partial charge in [-0.15, -0.1) is 0 Å². The van der Waals surface area contributed by atoms with Gasteiger partial charge in [-0.25, -0.2) is 0 Å². The number of aliphatic hydroxyl groups is 1. The molecule has 3 heteroatoms. The Bertz CT molecular complexity index is 310. The molecule has 0 aliphatic carbocycles. The smallest absolute Gasteiger partial charge is 0.119 e. The van der Waals surface area contributed by atoms with Crippen molar-refractivity contribution in [2.75, 3.05) is 13.7 Å². The molecule has 1 atom stereocenters. The lowest BCUT2D eigenvalue weighted by molar-refractivity contribution is 0.284. The largest absolute Gasteiger partial charge is 0.497 e. The lowest BCUT2D eigenvalue weighted by Crippen LogP contribution is -2.20. The molecule has 1 rings (SSSR count). The highest BCUT2D eigenvalue weighted by Crippen LogP contribution is 2.13. The highest BCUT2D eigenvalue weighted by atomic mass is 16.5. The number of aliphatic hydroxyl groups excluding tert-OH is 1. The molecule has 0 fully saturated rings. The number of methoxy groups -OCH3 is 1. The molecule has 0 aromatic heterocycles. The van der Waals surface area contributed by atoms with Crippen LogP contribution in [-0.2, 0) is 0 Å². The molecule has 0 heterocycles. The van der Waals surface area contributed by atoms with Gasteiger partial charge >= 0.3 is 0 Å². The van der Waals surface area contributed by atoms with Crippen molar-refractivity contribution >= 4 is 6.08 Å². The van der Waals surface area contributed by atoms with Gasteiger partial charge < -0.3 is 15.6 Å². The van der Waals surface area contributed by atoms with Crippen molar-refractivity contribution < 1.29 is 9.84 Å². The molecule has 0 bridgehead atoms. The molecule has 3 N–H and O–H groups in total. The Morgan fingerprint density at radius 2 is 2.36 bits per heavy atom. The van der Waals surface area contributed by atoms with Crippen LogP contribution >= 0.6 is 0 Å². The summed E-state index contributed by atoms with van der Waals surface area (Å²) >= 11 is 0. The number of rotatable bonds is 4. The summed E-state index contributed by atoms with van der Waals surface area (Å²) in [7, 11) is 1.63. The molecule has 0 amide bonds. The zero-order valence-corrected chi connectivity index (χ0v) is 8.18. The summed E-state index contributed by atoms with van der Waals surface area (Å²) in [5.74, 6) is 0.810. The van der Waals surface area contributed by atoms with E-state index in [9.17, 15) is 0 Å². The topological polar surface area (TPSA) is 55.5 Å². The lowest BCUT2D eigenvalue weighted by atomic mass is 10.1. The number of ether oxygens (including phenoxy) is 1. The van der Waals surface area contributed by atoms with Gasteiger partial charge in [-0.1, -0.05) is 24.3 Å². The van der Waals surface area contributed by atoms with E-state index in [4.69, 9.17) is 15.6 Å². The standard InChI is InChI=1S/C11H15NO2/c1-14-11-4-2-3-9(7-11)5-6-10(12)8-13/h2-7,10,13H,8,12H2,1H3/b6-5+. The van der Waals surface area contributed by atoms with Gasteiger partial charge in [0.05, 0.1) is 13.7 Å². The number of benzene rings is 1. The summed E-state index contributed by atoms with van der Waals surface area (Å²) in [6.45, 7) is -0.0412. The van der Waals surface area contributed by atoms with E-state index >= 15 is 0 Å². The van der Waals surface area contributed by atoms with E-state index in [0.717, 1.165) is 11.3 Å². The Morgan fingerprint density at radius 1 is 1.57 bits per heavy atom. The molecule has 1 aromatic rings. The molecule has 0 saturated carbocycles. The summed E-state index contributed by atoms with van der Waals surface area (Å²) in [5.41, 5.74) is 6.53. The number of hydrogen-bond donors (Lipinski definition) is 2. The minimum atomic E-state index is -0.304. The van der Waals surface area contributed by atoms with Crippen LogP contribution < -0.4 is 10.5 Å². The molecular weight excluding hydrogens is 178 g/mol. The molecular formula is C11H15NO2. The zero-order valence-electron chi connectivity index (χ0n) is 8.18. The van der Waals surface area contributed by atoms with Crippen molar-refractivity contribution in [3.8, 4) is 5.75 Å². The first-order valence-corrected chi connectivity index (χ1v) is 4.45. The summed E-state index contributed by atoms with van der Waals surface area (Å²) in [4.78, 5) is 0. The first-order chi connectivity index (χ1) is 6.76. The van der Waals surface area contributed by atoms with Crippen molar-refractivity contribution in [2.45, 2.75) is 6.04 Å². The van der Waals surface area contributed by atoms with Crippen LogP contribution in [0.4, 0.5) is 0 Å². The van der Waals surface area contributed by atoms with Crippen molar-refractivity contribution in [1.82, 2.24) is 0 Å². The van der Waals surface area contributed by atoms with Crippen LogP contribution in [-0.4, -0.2) is 24.9 Å². The van der Waals surface area contributed by atoms with Crippen LogP contribution in [0.1, 0.15) is 5.56 Å². The van der Waals surface area contributed by atoms with Gasteiger partial charge in [-0.2, -0.15) is 0 Å². The minimum Gasteiger partial charge on any atom is -0.497 e. The molecule has 14 heavy (non-hydrogen) atoms. The van der Waals surface area contributed by atoms with Crippen molar-refractivity contribution in [1.29, 1.82) is 0 Å². The molecule has 0 saturated heterocycles. The first kappa shape index (κ1) is 10.8. The van der Waals surface area contributed by atoms with E-state index in [0.29, 0.717) is 0 Å². The third kappa shape index (κ3) is 3.20. The SMILES string of the molecule is COc1cccc(/C=C/C(N)CO)c1. The second-order valence-electron chi connectivity index (χ2n) is 2.98. The van der Waals surface area contributed by atoms with Crippen LogP contribution in [0.15, 0.2) is 30.3 Å². The van der Waals surface area contributed by atoms with Crippen LogP contribution in [0.25, 0.3) is 6.08 Å². The average Bonchev–Trinajstić information content (AvgIpc) is 2.26. The van der Waals surface area contributed by atoms with Crippen molar-refractivity contribution in [3.63, 3.8) is 0 Å². The van der Waals surface area contributed by atoms with Gasteiger partial charge in [-0.3, -0.25) is 0 Å². The van der Waals surface area contributed by atoms with Gasteiger partial charge in [0.2, 0.25) is 0 Å². The maximum absolute atomic E-state index is 8.71. The summed E-state index contributed by atoms with van der Waals surface area (Å²) in [6.07, 6.45) is 3.62. The van der Waals surface area contributed by atoms with Crippen molar-refractivity contribution in [3.05, 3.63) is 35.9 Å². The molecule has 0 aliphatic heterocycles. The monoisotopic (exact) mass is 193 g/mol. The van der Waals surface area contributed by atoms with E-state index < -0.39 is 0 Å². The highest BCUT2D eigenvalue weighted by Gasteiger charge is 1.94. The van der Waals surface area contributed by atoms with Crippen LogP contribution in [0, 0.1) is 0 Å². The average molecular weight is 193 g/mol. The fraction of sp³-hybridized carbons (Fsp3) is 0.273.